The summed E-state index contributed by atoms with van der Waals surface area (Å²) in [6, 6.07) is 9.19. The van der Waals surface area contributed by atoms with Crippen LogP contribution in [0.1, 0.15) is 24.3 Å². The fourth-order valence-corrected chi connectivity index (χ4v) is 3.43. The van der Waals surface area contributed by atoms with E-state index in [4.69, 9.17) is 15.2 Å². The summed E-state index contributed by atoms with van der Waals surface area (Å²) in [5, 5.41) is 0. The van der Waals surface area contributed by atoms with Gasteiger partial charge in [0.05, 0.1) is 7.11 Å². The Morgan fingerprint density at radius 1 is 1.25 bits per heavy atom. The van der Waals surface area contributed by atoms with E-state index < -0.39 is 0 Å². The number of ether oxygens (including phenoxy) is 2. The van der Waals surface area contributed by atoms with Crippen molar-refractivity contribution in [3.05, 3.63) is 29.8 Å². The molecular weight excluding hydrogens is 252 g/mol. The molecule has 2 N–H and O–H groups in total. The Bertz CT molecular complexity index is 446. The van der Waals surface area contributed by atoms with Crippen molar-refractivity contribution in [3.8, 4) is 5.75 Å². The van der Waals surface area contributed by atoms with E-state index in [1.54, 1.807) is 7.11 Å². The zero-order chi connectivity index (χ0) is 13.9. The first-order chi connectivity index (χ1) is 9.78. The van der Waals surface area contributed by atoms with E-state index in [-0.39, 0.29) is 6.04 Å². The second kappa shape index (κ2) is 6.12. The first kappa shape index (κ1) is 13.9. The Morgan fingerprint density at radius 3 is 2.80 bits per heavy atom. The van der Waals surface area contributed by atoms with Crippen LogP contribution in [-0.2, 0) is 4.74 Å². The fraction of sp³-hybridized carbons (Fsp3) is 0.625. The van der Waals surface area contributed by atoms with Crippen molar-refractivity contribution in [1.82, 2.24) is 4.90 Å². The lowest BCUT2D eigenvalue weighted by atomic mass is 9.95. The van der Waals surface area contributed by atoms with E-state index in [1.165, 1.54) is 5.56 Å². The number of nitrogens with two attached hydrogens (primary N) is 1. The van der Waals surface area contributed by atoms with Gasteiger partial charge in [0.2, 0.25) is 0 Å². The summed E-state index contributed by atoms with van der Waals surface area (Å²) in [4.78, 5) is 2.55. The molecule has 2 atom stereocenters. The van der Waals surface area contributed by atoms with Crippen molar-refractivity contribution in [1.29, 1.82) is 0 Å². The zero-order valence-electron chi connectivity index (χ0n) is 12.1. The Hall–Kier alpha value is -1.10. The Morgan fingerprint density at radius 2 is 2.05 bits per heavy atom. The van der Waals surface area contributed by atoms with E-state index in [0.29, 0.717) is 12.0 Å². The third kappa shape index (κ3) is 2.82. The van der Waals surface area contributed by atoms with Gasteiger partial charge >= 0.3 is 0 Å². The molecule has 0 bridgehead atoms. The highest BCUT2D eigenvalue weighted by molar-refractivity contribution is 5.32. The number of hydrogen-bond acceptors (Lipinski definition) is 4. The van der Waals surface area contributed by atoms with Crippen LogP contribution in [0, 0.1) is 0 Å². The van der Waals surface area contributed by atoms with E-state index in [0.717, 1.165) is 44.9 Å². The smallest absolute Gasteiger partial charge is 0.119 e. The predicted octanol–water partition coefficient (Wildman–Crippen LogP) is 1.60. The van der Waals surface area contributed by atoms with Crippen molar-refractivity contribution in [3.63, 3.8) is 0 Å². The molecule has 4 nitrogen and oxygen atoms in total. The van der Waals surface area contributed by atoms with Gasteiger partial charge in [-0.2, -0.15) is 0 Å². The van der Waals surface area contributed by atoms with Gasteiger partial charge in [-0.1, -0.05) is 12.1 Å². The van der Waals surface area contributed by atoms with Gasteiger partial charge in [0.15, 0.2) is 0 Å². The lowest BCUT2D eigenvalue weighted by Gasteiger charge is -2.31. The van der Waals surface area contributed by atoms with Gasteiger partial charge < -0.3 is 15.2 Å². The van der Waals surface area contributed by atoms with E-state index in [1.807, 2.05) is 6.07 Å². The molecule has 0 radical (unpaired) electrons. The number of likely N-dealkylation sites (tertiary alicyclic amines) is 1. The van der Waals surface area contributed by atoms with Crippen LogP contribution >= 0.6 is 0 Å². The summed E-state index contributed by atoms with van der Waals surface area (Å²) in [5.41, 5.74) is 7.68. The van der Waals surface area contributed by atoms with Crippen LogP contribution in [0.15, 0.2) is 24.3 Å². The largest absolute Gasteiger partial charge is 0.497 e. The maximum atomic E-state index is 6.39. The predicted molar refractivity (Wildman–Crippen MR) is 79.1 cm³/mol. The maximum absolute atomic E-state index is 6.39. The first-order valence-electron chi connectivity index (χ1n) is 7.49. The minimum absolute atomic E-state index is 0.213. The molecule has 20 heavy (non-hydrogen) atoms. The topological polar surface area (TPSA) is 47.7 Å². The minimum Gasteiger partial charge on any atom is -0.497 e. The molecule has 4 heteroatoms. The first-order valence-corrected chi connectivity index (χ1v) is 7.49. The number of nitrogens with zero attached hydrogens (tertiary/aromatic N) is 1. The van der Waals surface area contributed by atoms with Gasteiger partial charge in [0.25, 0.3) is 0 Å². The summed E-state index contributed by atoms with van der Waals surface area (Å²) in [7, 11) is 1.71. The fourth-order valence-electron chi connectivity index (χ4n) is 3.43. The van der Waals surface area contributed by atoms with Gasteiger partial charge in [-0.3, -0.25) is 4.90 Å². The molecule has 0 spiro atoms. The van der Waals surface area contributed by atoms with Gasteiger partial charge in [0, 0.05) is 44.3 Å². The number of rotatable bonds is 3. The summed E-state index contributed by atoms with van der Waals surface area (Å²) < 4.78 is 10.8. The number of hydrogen-bond donors (Lipinski definition) is 1. The molecule has 0 aromatic heterocycles. The molecule has 2 saturated heterocycles. The van der Waals surface area contributed by atoms with Crippen molar-refractivity contribution in [2.75, 3.05) is 33.4 Å². The maximum Gasteiger partial charge on any atom is 0.119 e. The van der Waals surface area contributed by atoms with Gasteiger partial charge in [0.1, 0.15) is 5.75 Å². The average Bonchev–Trinajstić information content (AvgIpc) is 2.90. The Labute approximate surface area is 120 Å². The van der Waals surface area contributed by atoms with Crippen LogP contribution in [-0.4, -0.2) is 50.4 Å². The summed E-state index contributed by atoms with van der Waals surface area (Å²) in [6.45, 7) is 3.83. The molecule has 0 unspecified atom stereocenters. The van der Waals surface area contributed by atoms with Crippen molar-refractivity contribution >= 4 is 0 Å². The van der Waals surface area contributed by atoms with E-state index in [9.17, 15) is 0 Å². The molecule has 2 heterocycles. The second-order valence-electron chi connectivity index (χ2n) is 5.84. The van der Waals surface area contributed by atoms with Gasteiger partial charge in [-0.05, 0) is 30.5 Å². The number of benzene rings is 1. The average molecular weight is 276 g/mol. The van der Waals surface area contributed by atoms with Crippen LogP contribution in [0.4, 0.5) is 0 Å². The lowest BCUT2D eigenvalue weighted by molar-refractivity contribution is 0.0416. The normalized spacial score (nSPS) is 28.7. The van der Waals surface area contributed by atoms with Crippen LogP contribution in [0.5, 0.6) is 5.75 Å². The Balaban J connectivity index is 1.71. The Kier molecular flexibility index (Phi) is 4.24. The molecular formula is C16H24N2O2. The standard InChI is InChI=1S/C16H24N2O2/c1-19-14-4-2-3-12(9-14)15-10-18(11-16(15)17)13-5-7-20-8-6-13/h2-4,9,13,15-16H,5-8,10-11,17H2,1H3/t15-,16+/m1/s1. The molecule has 3 rings (SSSR count). The summed E-state index contributed by atoms with van der Waals surface area (Å²) in [6.07, 6.45) is 2.27. The van der Waals surface area contributed by atoms with Gasteiger partial charge in [-0.25, -0.2) is 0 Å². The van der Waals surface area contributed by atoms with Crippen molar-refractivity contribution in [2.24, 2.45) is 5.73 Å². The third-order valence-corrected chi connectivity index (χ3v) is 4.62. The minimum atomic E-state index is 0.213. The van der Waals surface area contributed by atoms with Crippen molar-refractivity contribution in [2.45, 2.75) is 30.8 Å². The SMILES string of the molecule is COc1cccc([C@H]2CN(C3CCOCC3)C[C@@H]2N)c1. The highest BCUT2D eigenvalue weighted by Crippen LogP contribution is 2.31. The monoisotopic (exact) mass is 276 g/mol. The highest BCUT2D eigenvalue weighted by atomic mass is 16.5. The molecule has 0 saturated carbocycles. The molecule has 2 aliphatic heterocycles. The van der Waals surface area contributed by atoms with Crippen LogP contribution in [0.25, 0.3) is 0 Å². The zero-order valence-corrected chi connectivity index (χ0v) is 12.1. The quantitative estimate of drug-likeness (QED) is 0.911. The van der Waals surface area contributed by atoms with Crippen LogP contribution < -0.4 is 10.5 Å². The third-order valence-electron chi connectivity index (χ3n) is 4.62. The molecule has 2 fully saturated rings. The molecule has 1 aromatic rings. The summed E-state index contributed by atoms with van der Waals surface area (Å²) >= 11 is 0. The molecule has 0 amide bonds. The number of methoxy groups -OCH3 is 1. The van der Waals surface area contributed by atoms with Gasteiger partial charge in [-0.15, -0.1) is 0 Å². The molecule has 110 valence electrons. The van der Waals surface area contributed by atoms with Crippen LogP contribution in [0.3, 0.4) is 0 Å². The highest BCUT2D eigenvalue weighted by Gasteiger charge is 2.35. The molecule has 2 aliphatic rings. The molecule has 0 aliphatic carbocycles. The van der Waals surface area contributed by atoms with E-state index in [2.05, 4.69) is 23.1 Å². The van der Waals surface area contributed by atoms with Crippen LogP contribution in [0.2, 0.25) is 0 Å². The van der Waals surface area contributed by atoms with E-state index >= 15 is 0 Å². The summed E-state index contributed by atoms with van der Waals surface area (Å²) in [5.74, 6) is 1.33. The molecule has 1 aromatic carbocycles. The second-order valence-corrected chi connectivity index (χ2v) is 5.84. The lowest BCUT2D eigenvalue weighted by Crippen LogP contribution is -2.39. The van der Waals surface area contributed by atoms with Crippen molar-refractivity contribution < 1.29 is 9.47 Å².